The number of para-hydroxylation sites is 1. The molecule has 1 amide bonds. The number of piperidine rings is 1. The fourth-order valence-electron chi connectivity index (χ4n) is 4.80. The molecule has 0 radical (unpaired) electrons. The number of ether oxygens (including phenoxy) is 1. The predicted molar refractivity (Wildman–Crippen MR) is 147 cm³/mol. The number of pyridine rings is 2. The average Bonchev–Trinajstić information content (AvgIpc) is 3.38. The van der Waals surface area contributed by atoms with Gasteiger partial charge in [-0.3, -0.25) is 24.8 Å². The standard InChI is InChI=1S/C30H28N6O2/c37-30(33-23-11-12-32-24(17-23)20-36-13-5-2-6-14-36)29-27-16-21(9-10-28(27)34-35-29)22-15-26(19-31-18-22)38-25-7-3-1-4-8-25/h1,3-4,7-12,15-19H,2,5-6,13-14,20H2,(H,34,35)(H,32,33,37). The van der Waals surface area contributed by atoms with Crippen molar-refractivity contribution in [2.45, 2.75) is 25.8 Å². The lowest BCUT2D eigenvalue weighted by Gasteiger charge is -2.26. The summed E-state index contributed by atoms with van der Waals surface area (Å²) in [5.74, 6) is 1.10. The SMILES string of the molecule is O=C(Nc1ccnc(CN2CCCCC2)c1)c1n[nH]c2ccc(-c3cncc(Oc4ccccc4)c3)cc12. The minimum atomic E-state index is -0.275. The number of fused-ring (bicyclic) bond motifs is 1. The van der Waals surface area contributed by atoms with Gasteiger partial charge in [-0.05, 0) is 74.0 Å². The summed E-state index contributed by atoms with van der Waals surface area (Å²) in [5.41, 5.74) is 4.56. The van der Waals surface area contributed by atoms with Crippen LogP contribution in [0.4, 0.5) is 5.69 Å². The topological polar surface area (TPSA) is 96.0 Å². The zero-order valence-electron chi connectivity index (χ0n) is 20.9. The predicted octanol–water partition coefficient (Wildman–Crippen LogP) is 6.05. The second-order valence-electron chi connectivity index (χ2n) is 9.48. The Morgan fingerprint density at radius 3 is 2.66 bits per heavy atom. The highest BCUT2D eigenvalue weighted by atomic mass is 16.5. The summed E-state index contributed by atoms with van der Waals surface area (Å²) in [6, 6.07) is 21.1. The number of hydrogen-bond donors (Lipinski definition) is 2. The quantitative estimate of drug-likeness (QED) is 0.280. The normalized spacial score (nSPS) is 13.9. The zero-order chi connectivity index (χ0) is 25.7. The first-order valence-corrected chi connectivity index (χ1v) is 12.9. The monoisotopic (exact) mass is 504 g/mol. The van der Waals surface area contributed by atoms with Gasteiger partial charge in [0.05, 0.1) is 17.4 Å². The number of nitrogens with one attached hydrogen (secondary N) is 2. The van der Waals surface area contributed by atoms with Crippen molar-refractivity contribution in [3.05, 3.63) is 96.7 Å². The van der Waals surface area contributed by atoms with Gasteiger partial charge in [-0.1, -0.05) is 30.7 Å². The number of likely N-dealkylation sites (tertiary alicyclic amines) is 1. The summed E-state index contributed by atoms with van der Waals surface area (Å²) in [6.07, 6.45) is 8.95. The van der Waals surface area contributed by atoms with Crippen molar-refractivity contribution in [3.8, 4) is 22.6 Å². The number of benzene rings is 2. The Bertz CT molecular complexity index is 1560. The van der Waals surface area contributed by atoms with E-state index in [2.05, 4.69) is 30.4 Å². The number of carbonyl (C=O) groups is 1. The van der Waals surface area contributed by atoms with Gasteiger partial charge in [0.1, 0.15) is 11.5 Å². The molecule has 1 saturated heterocycles. The third-order valence-corrected chi connectivity index (χ3v) is 6.71. The second kappa shape index (κ2) is 10.8. The van der Waals surface area contributed by atoms with Gasteiger partial charge in [0.15, 0.2) is 5.69 Å². The molecule has 190 valence electrons. The van der Waals surface area contributed by atoms with Crippen molar-refractivity contribution in [2.24, 2.45) is 0 Å². The second-order valence-corrected chi connectivity index (χ2v) is 9.48. The number of hydrogen-bond acceptors (Lipinski definition) is 6. The summed E-state index contributed by atoms with van der Waals surface area (Å²) in [4.78, 5) is 24.5. The van der Waals surface area contributed by atoms with Crippen molar-refractivity contribution < 1.29 is 9.53 Å². The Morgan fingerprint density at radius 2 is 1.79 bits per heavy atom. The van der Waals surface area contributed by atoms with Crippen LogP contribution in [0.25, 0.3) is 22.0 Å². The van der Waals surface area contributed by atoms with E-state index in [1.54, 1.807) is 18.6 Å². The summed E-state index contributed by atoms with van der Waals surface area (Å²) in [7, 11) is 0. The van der Waals surface area contributed by atoms with Crippen molar-refractivity contribution in [1.29, 1.82) is 0 Å². The molecule has 0 aliphatic carbocycles. The Labute approximate surface area is 220 Å². The average molecular weight is 505 g/mol. The molecule has 2 aromatic carbocycles. The smallest absolute Gasteiger partial charge is 0.276 e. The lowest BCUT2D eigenvalue weighted by molar-refractivity contribution is 0.102. The molecule has 0 unspecified atom stereocenters. The maximum atomic E-state index is 13.2. The molecule has 0 spiro atoms. The highest BCUT2D eigenvalue weighted by Gasteiger charge is 2.17. The van der Waals surface area contributed by atoms with Crippen LogP contribution in [0.5, 0.6) is 11.5 Å². The molecule has 1 aliphatic rings. The molecule has 8 heteroatoms. The molecule has 2 N–H and O–H groups in total. The van der Waals surface area contributed by atoms with E-state index in [0.29, 0.717) is 17.1 Å². The van der Waals surface area contributed by atoms with Crippen LogP contribution in [0.2, 0.25) is 0 Å². The van der Waals surface area contributed by atoms with Gasteiger partial charge in [0.2, 0.25) is 0 Å². The Morgan fingerprint density at radius 1 is 0.921 bits per heavy atom. The summed E-state index contributed by atoms with van der Waals surface area (Å²) in [6.45, 7) is 2.98. The Balaban J connectivity index is 1.21. The van der Waals surface area contributed by atoms with E-state index in [0.717, 1.165) is 53.1 Å². The maximum absolute atomic E-state index is 13.2. The first kappa shape index (κ1) is 23.8. The number of H-pyrrole nitrogens is 1. The highest BCUT2D eigenvalue weighted by molar-refractivity contribution is 6.11. The lowest BCUT2D eigenvalue weighted by atomic mass is 10.0. The van der Waals surface area contributed by atoms with Crippen LogP contribution < -0.4 is 10.1 Å². The highest BCUT2D eigenvalue weighted by Crippen LogP contribution is 2.29. The third-order valence-electron chi connectivity index (χ3n) is 6.71. The molecule has 4 heterocycles. The maximum Gasteiger partial charge on any atom is 0.276 e. The van der Waals surface area contributed by atoms with Crippen LogP contribution in [-0.4, -0.2) is 44.1 Å². The number of aromatic nitrogens is 4. The fourth-order valence-corrected chi connectivity index (χ4v) is 4.80. The van der Waals surface area contributed by atoms with E-state index in [-0.39, 0.29) is 5.91 Å². The molecule has 8 nitrogen and oxygen atoms in total. The molecular weight excluding hydrogens is 476 g/mol. The number of amides is 1. The van der Waals surface area contributed by atoms with Gasteiger partial charge in [0, 0.05) is 35.6 Å². The minimum Gasteiger partial charge on any atom is -0.456 e. The molecule has 1 aliphatic heterocycles. The Hall–Kier alpha value is -4.56. The first-order chi connectivity index (χ1) is 18.7. The van der Waals surface area contributed by atoms with Gasteiger partial charge >= 0.3 is 0 Å². The third kappa shape index (κ3) is 5.40. The summed E-state index contributed by atoms with van der Waals surface area (Å²) >= 11 is 0. The van der Waals surface area contributed by atoms with Gasteiger partial charge in [-0.25, -0.2) is 0 Å². The van der Waals surface area contributed by atoms with Crippen molar-refractivity contribution >= 4 is 22.5 Å². The zero-order valence-corrected chi connectivity index (χ0v) is 20.9. The van der Waals surface area contributed by atoms with E-state index in [4.69, 9.17) is 4.74 Å². The molecule has 38 heavy (non-hydrogen) atoms. The first-order valence-electron chi connectivity index (χ1n) is 12.9. The molecule has 3 aromatic heterocycles. The molecule has 0 saturated carbocycles. The molecule has 5 aromatic rings. The van der Waals surface area contributed by atoms with E-state index >= 15 is 0 Å². The number of anilines is 1. The van der Waals surface area contributed by atoms with Crippen LogP contribution >= 0.6 is 0 Å². The number of rotatable bonds is 7. The van der Waals surface area contributed by atoms with Crippen molar-refractivity contribution in [2.75, 3.05) is 18.4 Å². The van der Waals surface area contributed by atoms with Crippen LogP contribution in [0.1, 0.15) is 35.4 Å². The van der Waals surface area contributed by atoms with E-state index in [1.165, 1.54) is 19.3 Å². The molecule has 0 atom stereocenters. The van der Waals surface area contributed by atoms with Gasteiger partial charge in [0.25, 0.3) is 5.91 Å². The van der Waals surface area contributed by atoms with Crippen LogP contribution in [0.15, 0.2) is 85.3 Å². The van der Waals surface area contributed by atoms with Crippen LogP contribution in [0.3, 0.4) is 0 Å². The molecule has 1 fully saturated rings. The minimum absolute atomic E-state index is 0.275. The molecular formula is C30H28N6O2. The number of aromatic amines is 1. The van der Waals surface area contributed by atoms with E-state index in [1.807, 2.05) is 66.7 Å². The number of nitrogens with zero attached hydrogens (tertiary/aromatic N) is 4. The fraction of sp³-hybridized carbons (Fsp3) is 0.200. The van der Waals surface area contributed by atoms with Crippen molar-refractivity contribution in [3.63, 3.8) is 0 Å². The molecule has 6 rings (SSSR count). The van der Waals surface area contributed by atoms with Crippen LogP contribution in [-0.2, 0) is 6.54 Å². The van der Waals surface area contributed by atoms with E-state index < -0.39 is 0 Å². The van der Waals surface area contributed by atoms with Gasteiger partial charge < -0.3 is 10.1 Å². The summed E-state index contributed by atoms with van der Waals surface area (Å²) < 4.78 is 5.95. The lowest BCUT2D eigenvalue weighted by Crippen LogP contribution is -2.29. The van der Waals surface area contributed by atoms with Crippen molar-refractivity contribution in [1.82, 2.24) is 25.1 Å². The van der Waals surface area contributed by atoms with Crippen LogP contribution in [0, 0.1) is 0 Å². The van der Waals surface area contributed by atoms with Gasteiger partial charge in [-0.15, -0.1) is 0 Å². The largest absolute Gasteiger partial charge is 0.456 e. The summed E-state index contributed by atoms with van der Waals surface area (Å²) in [5, 5.41) is 11.0. The van der Waals surface area contributed by atoms with E-state index in [9.17, 15) is 4.79 Å². The number of carbonyl (C=O) groups excluding carboxylic acids is 1. The molecule has 0 bridgehead atoms. The Kier molecular flexibility index (Phi) is 6.78. The van der Waals surface area contributed by atoms with Gasteiger partial charge in [-0.2, -0.15) is 5.10 Å².